The highest BCUT2D eigenvalue weighted by Gasteiger charge is 2.10. The SMILES string of the molecule is CCOc1ccc(Nc2ncnc(NC(C)CC)c2N)cc1. The fraction of sp³-hybridized carbons (Fsp3) is 0.375. The summed E-state index contributed by atoms with van der Waals surface area (Å²) in [7, 11) is 0. The second-order valence-electron chi connectivity index (χ2n) is 5.02. The number of rotatable bonds is 7. The first kappa shape index (κ1) is 15.9. The maximum Gasteiger partial charge on any atom is 0.159 e. The van der Waals surface area contributed by atoms with Crippen LogP contribution in [0.25, 0.3) is 0 Å². The largest absolute Gasteiger partial charge is 0.494 e. The van der Waals surface area contributed by atoms with Gasteiger partial charge in [-0.3, -0.25) is 0 Å². The van der Waals surface area contributed by atoms with Crippen molar-refractivity contribution in [3.05, 3.63) is 30.6 Å². The average Bonchev–Trinajstić information content (AvgIpc) is 2.53. The number of nitrogens with two attached hydrogens (primary N) is 1. The van der Waals surface area contributed by atoms with E-state index in [-0.39, 0.29) is 0 Å². The molecule has 1 heterocycles. The van der Waals surface area contributed by atoms with E-state index < -0.39 is 0 Å². The van der Waals surface area contributed by atoms with Gasteiger partial charge >= 0.3 is 0 Å². The molecule has 1 aromatic heterocycles. The summed E-state index contributed by atoms with van der Waals surface area (Å²) in [6, 6.07) is 7.96. The van der Waals surface area contributed by atoms with E-state index in [1.807, 2.05) is 31.2 Å². The fourth-order valence-electron chi connectivity index (χ4n) is 1.88. The minimum Gasteiger partial charge on any atom is -0.494 e. The summed E-state index contributed by atoms with van der Waals surface area (Å²) in [4.78, 5) is 8.41. The Balaban J connectivity index is 2.13. The van der Waals surface area contributed by atoms with Crippen molar-refractivity contribution < 1.29 is 4.74 Å². The Morgan fingerprint density at radius 3 is 2.45 bits per heavy atom. The van der Waals surface area contributed by atoms with E-state index in [4.69, 9.17) is 10.5 Å². The Bertz CT molecular complexity index is 600. The molecule has 1 aromatic carbocycles. The maximum atomic E-state index is 6.14. The minimum absolute atomic E-state index is 0.301. The van der Waals surface area contributed by atoms with Crippen molar-refractivity contribution in [2.75, 3.05) is 23.0 Å². The average molecular weight is 301 g/mol. The molecular weight excluding hydrogens is 278 g/mol. The first-order chi connectivity index (χ1) is 10.6. The lowest BCUT2D eigenvalue weighted by Crippen LogP contribution is -2.16. The molecule has 0 saturated heterocycles. The molecule has 2 rings (SSSR count). The van der Waals surface area contributed by atoms with E-state index in [0.29, 0.717) is 30.0 Å². The molecular formula is C16H23N5O. The molecule has 22 heavy (non-hydrogen) atoms. The van der Waals surface area contributed by atoms with Crippen LogP contribution in [0.5, 0.6) is 5.75 Å². The lowest BCUT2D eigenvalue weighted by molar-refractivity contribution is 0.340. The van der Waals surface area contributed by atoms with Crippen LogP contribution in [0.1, 0.15) is 27.2 Å². The van der Waals surface area contributed by atoms with Crippen LogP contribution in [0.15, 0.2) is 30.6 Å². The van der Waals surface area contributed by atoms with Crippen molar-refractivity contribution >= 4 is 23.0 Å². The van der Waals surface area contributed by atoms with E-state index in [1.165, 1.54) is 6.33 Å². The minimum atomic E-state index is 0.301. The molecule has 0 aliphatic rings. The van der Waals surface area contributed by atoms with Gasteiger partial charge in [-0.05, 0) is 44.5 Å². The number of benzene rings is 1. The van der Waals surface area contributed by atoms with Crippen LogP contribution >= 0.6 is 0 Å². The van der Waals surface area contributed by atoms with Crippen molar-refractivity contribution in [1.29, 1.82) is 0 Å². The summed E-state index contributed by atoms with van der Waals surface area (Å²) in [5.74, 6) is 2.07. The van der Waals surface area contributed by atoms with Crippen molar-refractivity contribution in [2.24, 2.45) is 0 Å². The van der Waals surface area contributed by atoms with Gasteiger partial charge in [0.15, 0.2) is 11.6 Å². The monoisotopic (exact) mass is 301 g/mol. The number of anilines is 4. The molecule has 0 fully saturated rings. The second kappa shape index (κ2) is 7.49. The number of nitrogens with one attached hydrogen (secondary N) is 2. The lowest BCUT2D eigenvalue weighted by Gasteiger charge is -2.16. The normalized spacial score (nSPS) is 11.8. The topological polar surface area (TPSA) is 85.1 Å². The fourth-order valence-corrected chi connectivity index (χ4v) is 1.88. The van der Waals surface area contributed by atoms with E-state index in [1.54, 1.807) is 0 Å². The highest BCUT2D eigenvalue weighted by Crippen LogP contribution is 2.27. The molecule has 0 spiro atoms. The Morgan fingerprint density at radius 1 is 1.14 bits per heavy atom. The van der Waals surface area contributed by atoms with Gasteiger partial charge in [0.05, 0.1) is 6.61 Å². The third kappa shape index (κ3) is 4.00. The number of ether oxygens (including phenoxy) is 1. The van der Waals surface area contributed by atoms with Gasteiger partial charge in [0, 0.05) is 11.7 Å². The zero-order chi connectivity index (χ0) is 15.9. The number of hydrogen-bond donors (Lipinski definition) is 3. The summed E-state index contributed by atoms with van der Waals surface area (Å²) in [6.45, 7) is 6.80. The predicted molar refractivity (Wildman–Crippen MR) is 90.7 cm³/mol. The zero-order valence-electron chi connectivity index (χ0n) is 13.3. The molecule has 0 amide bonds. The van der Waals surface area contributed by atoms with Crippen molar-refractivity contribution in [3.63, 3.8) is 0 Å². The van der Waals surface area contributed by atoms with Crippen LogP contribution in [-0.4, -0.2) is 22.6 Å². The first-order valence-corrected chi connectivity index (χ1v) is 7.50. The Morgan fingerprint density at radius 2 is 1.82 bits per heavy atom. The van der Waals surface area contributed by atoms with Crippen LogP contribution in [0.2, 0.25) is 0 Å². The number of nitrogen functional groups attached to an aromatic ring is 1. The zero-order valence-corrected chi connectivity index (χ0v) is 13.3. The van der Waals surface area contributed by atoms with Crippen molar-refractivity contribution in [2.45, 2.75) is 33.2 Å². The molecule has 2 aromatic rings. The van der Waals surface area contributed by atoms with Crippen LogP contribution in [0.3, 0.4) is 0 Å². The molecule has 4 N–H and O–H groups in total. The Kier molecular flexibility index (Phi) is 5.41. The molecule has 6 heteroatoms. The molecule has 6 nitrogen and oxygen atoms in total. The van der Waals surface area contributed by atoms with Gasteiger partial charge in [-0.25, -0.2) is 9.97 Å². The van der Waals surface area contributed by atoms with Gasteiger partial charge in [-0.1, -0.05) is 6.92 Å². The first-order valence-electron chi connectivity index (χ1n) is 7.50. The van der Waals surface area contributed by atoms with Gasteiger partial charge in [0.2, 0.25) is 0 Å². The lowest BCUT2D eigenvalue weighted by atomic mass is 10.2. The van der Waals surface area contributed by atoms with Crippen LogP contribution < -0.4 is 21.1 Å². The van der Waals surface area contributed by atoms with Crippen LogP contribution in [0.4, 0.5) is 23.0 Å². The summed E-state index contributed by atoms with van der Waals surface area (Å²) < 4.78 is 5.42. The molecule has 0 radical (unpaired) electrons. The van der Waals surface area contributed by atoms with E-state index >= 15 is 0 Å². The molecule has 118 valence electrons. The third-order valence-corrected chi connectivity index (χ3v) is 3.31. The Hall–Kier alpha value is -2.50. The van der Waals surface area contributed by atoms with E-state index in [2.05, 4.69) is 34.4 Å². The van der Waals surface area contributed by atoms with Crippen molar-refractivity contribution in [3.8, 4) is 5.75 Å². The quantitative estimate of drug-likeness (QED) is 0.726. The molecule has 0 saturated carbocycles. The van der Waals surface area contributed by atoms with Crippen LogP contribution in [0, 0.1) is 0 Å². The smallest absolute Gasteiger partial charge is 0.159 e. The van der Waals surface area contributed by atoms with Gasteiger partial charge in [0.25, 0.3) is 0 Å². The molecule has 1 atom stereocenters. The molecule has 1 unspecified atom stereocenters. The van der Waals surface area contributed by atoms with Gasteiger partial charge in [-0.15, -0.1) is 0 Å². The number of hydrogen-bond acceptors (Lipinski definition) is 6. The van der Waals surface area contributed by atoms with E-state index in [9.17, 15) is 0 Å². The highest BCUT2D eigenvalue weighted by molar-refractivity contribution is 5.77. The van der Waals surface area contributed by atoms with Crippen molar-refractivity contribution in [1.82, 2.24) is 9.97 Å². The summed E-state index contributed by atoms with van der Waals surface area (Å²) in [6.07, 6.45) is 2.49. The van der Waals surface area contributed by atoms with E-state index in [0.717, 1.165) is 17.9 Å². The van der Waals surface area contributed by atoms with Gasteiger partial charge < -0.3 is 21.1 Å². The second-order valence-corrected chi connectivity index (χ2v) is 5.02. The molecule has 0 aliphatic carbocycles. The molecule has 0 bridgehead atoms. The third-order valence-electron chi connectivity index (χ3n) is 3.31. The number of nitrogens with zero attached hydrogens (tertiary/aromatic N) is 2. The summed E-state index contributed by atoms with van der Waals surface area (Å²) in [5.41, 5.74) is 7.54. The standard InChI is InChI=1S/C16H23N5O/c1-4-11(3)20-15-14(17)16(19-10-18-15)21-12-6-8-13(9-7-12)22-5-2/h6-11H,4-5,17H2,1-3H3,(H2,18,19,20,21). The number of aromatic nitrogens is 2. The van der Waals surface area contributed by atoms with Gasteiger partial charge in [0.1, 0.15) is 17.8 Å². The predicted octanol–water partition coefficient (Wildman–Crippen LogP) is 3.41. The molecule has 0 aliphatic heterocycles. The highest BCUT2D eigenvalue weighted by atomic mass is 16.5. The Labute approximate surface area is 131 Å². The maximum absolute atomic E-state index is 6.14. The van der Waals surface area contributed by atoms with Crippen LogP contribution in [-0.2, 0) is 0 Å². The summed E-state index contributed by atoms with van der Waals surface area (Å²) >= 11 is 0. The van der Waals surface area contributed by atoms with Gasteiger partial charge in [-0.2, -0.15) is 0 Å². The summed E-state index contributed by atoms with van der Waals surface area (Å²) in [5, 5.41) is 6.48.